The van der Waals surface area contributed by atoms with E-state index in [2.05, 4.69) is 34.6 Å². The SMILES string of the molecule is CC(CN1CCCC1=O)NCc1cn[nH]c1-c1ccccc1. The van der Waals surface area contributed by atoms with Crippen LogP contribution in [0, 0.1) is 0 Å². The van der Waals surface area contributed by atoms with Gasteiger partial charge in [0.25, 0.3) is 0 Å². The van der Waals surface area contributed by atoms with E-state index < -0.39 is 0 Å². The van der Waals surface area contributed by atoms with Gasteiger partial charge >= 0.3 is 0 Å². The highest BCUT2D eigenvalue weighted by molar-refractivity contribution is 5.78. The molecule has 22 heavy (non-hydrogen) atoms. The van der Waals surface area contributed by atoms with E-state index in [1.165, 1.54) is 0 Å². The Morgan fingerprint density at radius 1 is 1.36 bits per heavy atom. The van der Waals surface area contributed by atoms with Crippen LogP contribution in [0.5, 0.6) is 0 Å². The Hall–Kier alpha value is -2.14. The Kier molecular flexibility index (Phi) is 4.53. The number of amides is 1. The Bertz CT molecular complexity index is 623. The number of nitrogens with zero attached hydrogens (tertiary/aromatic N) is 2. The van der Waals surface area contributed by atoms with Gasteiger partial charge in [-0.2, -0.15) is 5.10 Å². The fourth-order valence-corrected chi connectivity index (χ4v) is 2.88. The van der Waals surface area contributed by atoms with Crippen molar-refractivity contribution in [1.82, 2.24) is 20.4 Å². The van der Waals surface area contributed by atoms with Gasteiger partial charge in [-0.25, -0.2) is 0 Å². The van der Waals surface area contributed by atoms with Crippen LogP contribution in [0.1, 0.15) is 25.3 Å². The van der Waals surface area contributed by atoms with Crippen molar-refractivity contribution in [2.24, 2.45) is 0 Å². The molecule has 0 aliphatic carbocycles. The van der Waals surface area contributed by atoms with Crippen molar-refractivity contribution in [2.75, 3.05) is 13.1 Å². The predicted octanol–water partition coefficient (Wildman–Crippen LogP) is 2.18. The molecule has 1 aliphatic heterocycles. The lowest BCUT2D eigenvalue weighted by Gasteiger charge is -2.21. The maximum atomic E-state index is 11.7. The quantitative estimate of drug-likeness (QED) is 0.859. The van der Waals surface area contributed by atoms with Crippen molar-refractivity contribution >= 4 is 5.91 Å². The van der Waals surface area contributed by atoms with Gasteiger partial charge in [0, 0.05) is 37.7 Å². The summed E-state index contributed by atoms with van der Waals surface area (Å²) >= 11 is 0. The maximum Gasteiger partial charge on any atom is 0.222 e. The van der Waals surface area contributed by atoms with E-state index in [0.717, 1.165) is 42.9 Å². The Balaban J connectivity index is 1.58. The first kappa shape index (κ1) is 14.8. The lowest BCUT2D eigenvalue weighted by molar-refractivity contribution is -0.127. The van der Waals surface area contributed by atoms with Crippen LogP contribution in [0.25, 0.3) is 11.3 Å². The second-order valence-electron chi connectivity index (χ2n) is 5.86. The zero-order chi connectivity index (χ0) is 15.4. The van der Waals surface area contributed by atoms with Crippen molar-refractivity contribution in [1.29, 1.82) is 0 Å². The summed E-state index contributed by atoms with van der Waals surface area (Å²) in [4.78, 5) is 13.6. The van der Waals surface area contributed by atoms with Gasteiger partial charge in [0.1, 0.15) is 0 Å². The third-order valence-electron chi connectivity index (χ3n) is 4.09. The minimum absolute atomic E-state index is 0.264. The first-order valence-corrected chi connectivity index (χ1v) is 7.83. The van der Waals surface area contributed by atoms with Crippen molar-refractivity contribution < 1.29 is 4.79 Å². The highest BCUT2D eigenvalue weighted by Crippen LogP contribution is 2.20. The monoisotopic (exact) mass is 298 g/mol. The molecule has 0 spiro atoms. The standard InChI is InChI=1S/C17H22N4O/c1-13(12-21-9-5-8-16(21)22)18-10-15-11-19-20-17(15)14-6-3-2-4-7-14/h2-4,6-7,11,13,18H,5,8-10,12H2,1H3,(H,19,20). The fraction of sp³-hybridized carbons (Fsp3) is 0.412. The molecule has 1 amide bonds. The molecule has 1 saturated heterocycles. The number of carbonyl (C=O) groups is 1. The maximum absolute atomic E-state index is 11.7. The summed E-state index contributed by atoms with van der Waals surface area (Å²) in [5, 5.41) is 10.7. The van der Waals surface area contributed by atoms with E-state index in [1.54, 1.807) is 0 Å². The molecule has 0 bridgehead atoms. The highest BCUT2D eigenvalue weighted by atomic mass is 16.2. The summed E-state index contributed by atoms with van der Waals surface area (Å²) in [7, 11) is 0. The molecular weight excluding hydrogens is 276 g/mol. The van der Waals surface area contributed by atoms with Crippen LogP contribution in [-0.4, -0.2) is 40.1 Å². The minimum Gasteiger partial charge on any atom is -0.341 e. The molecule has 1 aromatic heterocycles. The zero-order valence-corrected chi connectivity index (χ0v) is 12.9. The average molecular weight is 298 g/mol. The second kappa shape index (κ2) is 6.75. The first-order chi connectivity index (χ1) is 10.7. The third-order valence-corrected chi connectivity index (χ3v) is 4.09. The number of likely N-dealkylation sites (tertiary alicyclic amines) is 1. The average Bonchev–Trinajstić information content (AvgIpc) is 3.16. The Morgan fingerprint density at radius 3 is 2.91 bits per heavy atom. The molecule has 116 valence electrons. The molecule has 2 heterocycles. The Labute approximate surface area is 130 Å². The van der Waals surface area contributed by atoms with Crippen molar-refractivity contribution in [3.05, 3.63) is 42.1 Å². The number of benzene rings is 1. The number of hydrogen-bond donors (Lipinski definition) is 2. The van der Waals surface area contributed by atoms with Crippen molar-refractivity contribution in [2.45, 2.75) is 32.4 Å². The molecule has 1 unspecified atom stereocenters. The minimum atomic E-state index is 0.264. The number of hydrogen-bond acceptors (Lipinski definition) is 3. The van der Waals surface area contributed by atoms with Gasteiger partial charge in [-0.05, 0) is 18.9 Å². The zero-order valence-electron chi connectivity index (χ0n) is 12.9. The summed E-state index contributed by atoms with van der Waals surface area (Å²) in [6.07, 6.45) is 3.56. The smallest absolute Gasteiger partial charge is 0.222 e. The molecule has 2 aromatic rings. The summed E-state index contributed by atoms with van der Waals surface area (Å²) in [6, 6.07) is 10.5. The lowest BCUT2D eigenvalue weighted by Crippen LogP contribution is -2.39. The van der Waals surface area contributed by atoms with Crippen LogP contribution in [-0.2, 0) is 11.3 Å². The van der Waals surface area contributed by atoms with E-state index in [1.807, 2.05) is 29.3 Å². The number of H-pyrrole nitrogens is 1. The number of rotatable bonds is 6. The normalized spacial score (nSPS) is 16.2. The van der Waals surface area contributed by atoms with Crippen LogP contribution in [0.3, 0.4) is 0 Å². The molecule has 0 radical (unpaired) electrons. The van der Waals surface area contributed by atoms with Crippen LogP contribution in [0.2, 0.25) is 0 Å². The Morgan fingerprint density at radius 2 is 2.18 bits per heavy atom. The molecule has 0 saturated carbocycles. The van der Waals surface area contributed by atoms with Crippen LogP contribution in [0.4, 0.5) is 0 Å². The molecule has 5 heteroatoms. The molecule has 5 nitrogen and oxygen atoms in total. The summed E-state index contributed by atoms with van der Waals surface area (Å²) < 4.78 is 0. The van der Waals surface area contributed by atoms with Crippen LogP contribution >= 0.6 is 0 Å². The molecule has 1 aliphatic rings. The first-order valence-electron chi connectivity index (χ1n) is 7.83. The summed E-state index contributed by atoms with van der Waals surface area (Å²) in [5.74, 6) is 0.280. The van der Waals surface area contributed by atoms with Crippen LogP contribution < -0.4 is 5.32 Å². The second-order valence-corrected chi connectivity index (χ2v) is 5.86. The van der Waals surface area contributed by atoms with Gasteiger partial charge in [-0.1, -0.05) is 30.3 Å². The summed E-state index contributed by atoms with van der Waals surface area (Å²) in [6.45, 7) is 4.53. The fourth-order valence-electron chi connectivity index (χ4n) is 2.88. The van der Waals surface area contributed by atoms with Crippen molar-refractivity contribution in [3.63, 3.8) is 0 Å². The molecule has 1 fully saturated rings. The molecule has 2 N–H and O–H groups in total. The van der Waals surface area contributed by atoms with Gasteiger partial charge in [0.05, 0.1) is 11.9 Å². The predicted molar refractivity (Wildman–Crippen MR) is 86.1 cm³/mol. The topological polar surface area (TPSA) is 61.0 Å². The van der Waals surface area contributed by atoms with E-state index in [-0.39, 0.29) is 11.9 Å². The molecular formula is C17H22N4O. The molecule has 3 rings (SSSR count). The van der Waals surface area contributed by atoms with Gasteiger partial charge in [-0.15, -0.1) is 0 Å². The number of carbonyl (C=O) groups excluding carboxylic acids is 1. The highest BCUT2D eigenvalue weighted by Gasteiger charge is 2.21. The van der Waals surface area contributed by atoms with Gasteiger partial charge < -0.3 is 10.2 Å². The number of aromatic amines is 1. The third kappa shape index (κ3) is 3.36. The van der Waals surface area contributed by atoms with E-state index >= 15 is 0 Å². The van der Waals surface area contributed by atoms with Gasteiger partial charge in [0.15, 0.2) is 0 Å². The van der Waals surface area contributed by atoms with Crippen molar-refractivity contribution in [3.8, 4) is 11.3 Å². The van der Waals surface area contributed by atoms with Crippen LogP contribution in [0.15, 0.2) is 36.5 Å². The number of aromatic nitrogens is 2. The largest absolute Gasteiger partial charge is 0.341 e. The lowest BCUT2D eigenvalue weighted by atomic mass is 10.1. The van der Waals surface area contributed by atoms with Gasteiger partial charge in [0.2, 0.25) is 5.91 Å². The van der Waals surface area contributed by atoms with E-state index in [9.17, 15) is 4.79 Å². The molecule has 1 aromatic carbocycles. The summed E-state index contributed by atoms with van der Waals surface area (Å²) in [5.41, 5.74) is 3.34. The van der Waals surface area contributed by atoms with E-state index in [4.69, 9.17) is 0 Å². The number of nitrogens with one attached hydrogen (secondary N) is 2. The van der Waals surface area contributed by atoms with Gasteiger partial charge in [-0.3, -0.25) is 9.89 Å². The van der Waals surface area contributed by atoms with E-state index in [0.29, 0.717) is 6.42 Å². The molecule has 1 atom stereocenters.